The Morgan fingerprint density at radius 3 is 1.47 bits per heavy atom. The van der Waals surface area contributed by atoms with Crippen molar-refractivity contribution in [2.24, 2.45) is 0 Å². The first kappa shape index (κ1) is 17.2. The summed E-state index contributed by atoms with van der Waals surface area (Å²) < 4.78 is 0. The van der Waals surface area contributed by atoms with E-state index in [1.54, 1.807) is 0 Å². The van der Waals surface area contributed by atoms with Crippen molar-refractivity contribution in [1.82, 2.24) is 16.0 Å². The lowest BCUT2D eigenvalue weighted by Crippen LogP contribution is -2.52. The maximum atomic E-state index is 11.5. The van der Waals surface area contributed by atoms with E-state index in [-0.39, 0.29) is 0 Å². The second-order valence-electron chi connectivity index (χ2n) is 3.57. The SMILES string of the molecule is O=C(CC(O)(CC(=O)NCO)C(=O)NCO)NCO. The minimum Gasteiger partial charge on any atom is -0.379 e. The van der Waals surface area contributed by atoms with Crippen LogP contribution < -0.4 is 16.0 Å². The van der Waals surface area contributed by atoms with Crippen LogP contribution in [0.25, 0.3) is 0 Å². The molecule has 0 aromatic heterocycles. The Labute approximate surface area is 108 Å². The highest BCUT2D eigenvalue weighted by Crippen LogP contribution is 2.16. The smallest absolute Gasteiger partial charge is 0.254 e. The Kier molecular flexibility index (Phi) is 7.60. The largest absolute Gasteiger partial charge is 0.379 e. The van der Waals surface area contributed by atoms with Crippen molar-refractivity contribution < 1.29 is 34.8 Å². The number of carbonyl (C=O) groups excluding carboxylic acids is 3. The molecule has 0 bridgehead atoms. The van der Waals surface area contributed by atoms with Gasteiger partial charge in [-0.1, -0.05) is 0 Å². The van der Waals surface area contributed by atoms with Crippen molar-refractivity contribution in [2.75, 3.05) is 20.2 Å². The van der Waals surface area contributed by atoms with Crippen LogP contribution in [0.3, 0.4) is 0 Å². The van der Waals surface area contributed by atoms with Gasteiger partial charge in [-0.05, 0) is 0 Å². The average molecular weight is 279 g/mol. The Balaban J connectivity index is 4.85. The molecule has 19 heavy (non-hydrogen) atoms. The third-order valence-corrected chi connectivity index (χ3v) is 2.12. The minimum absolute atomic E-state index is 0.695. The van der Waals surface area contributed by atoms with Crippen LogP contribution in [0.1, 0.15) is 12.8 Å². The number of aliphatic hydroxyl groups excluding tert-OH is 3. The predicted molar refractivity (Wildman–Crippen MR) is 59.9 cm³/mol. The zero-order valence-corrected chi connectivity index (χ0v) is 10.0. The van der Waals surface area contributed by atoms with Crippen LogP contribution in [0, 0.1) is 0 Å². The Morgan fingerprint density at radius 2 is 1.16 bits per heavy atom. The number of aliphatic hydroxyl groups is 4. The van der Waals surface area contributed by atoms with Gasteiger partial charge in [-0.3, -0.25) is 14.4 Å². The first-order valence-electron chi connectivity index (χ1n) is 5.26. The van der Waals surface area contributed by atoms with Crippen LogP contribution >= 0.6 is 0 Å². The monoisotopic (exact) mass is 279 g/mol. The van der Waals surface area contributed by atoms with Gasteiger partial charge >= 0.3 is 0 Å². The van der Waals surface area contributed by atoms with E-state index in [0.29, 0.717) is 0 Å². The van der Waals surface area contributed by atoms with Gasteiger partial charge in [0.15, 0.2) is 5.60 Å². The van der Waals surface area contributed by atoms with Gasteiger partial charge < -0.3 is 36.4 Å². The first-order chi connectivity index (χ1) is 8.89. The van der Waals surface area contributed by atoms with E-state index >= 15 is 0 Å². The van der Waals surface area contributed by atoms with Gasteiger partial charge in [0, 0.05) is 0 Å². The highest BCUT2D eigenvalue weighted by atomic mass is 16.3. The fraction of sp³-hybridized carbons (Fsp3) is 0.667. The maximum absolute atomic E-state index is 11.5. The molecule has 10 nitrogen and oxygen atoms in total. The maximum Gasteiger partial charge on any atom is 0.254 e. The molecule has 0 aliphatic carbocycles. The molecule has 0 heterocycles. The van der Waals surface area contributed by atoms with Gasteiger partial charge in [-0.15, -0.1) is 0 Å². The minimum atomic E-state index is -2.40. The summed E-state index contributed by atoms with van der Waals surface area (Å²) >= 11 is 0. The number of carbonyl (C=O) groups is 3. The highest BCUT2D eigenvalue weighted by molar-refractivity contribution is 5.95. The molecule has 0 saturated heterocycles. The second kappa shape index (κ2) is 8.37. The molecule has 0 spiro atoms. The molecule has 0 atom stereocenters. The van der Waals surface area contributed by atoms with E-state index in [1.165, 1.54) is 0 Å². The summed E-state index contributed by atoms with van der Waals surface area (Å²) in [5.74, 6) is -2.86. The van der Waals surface area contributed by atoms with Gasteiger partial charge in [-0.25, -0.2) is 0 Å². The Morgan fingerprint density at radius 1 is 0.789 bits per heavy atom. The van der Waals surface area contributed by atoms with Crippen LogP contribution in [0.2, 0.25) is 0 Å². The van der Waals surface area contributed by atoms with E-state index < -0.39 is 56.4 Å². The van der Waals surface area contributed by atoms with Crippen molar-refractivity contribution in [3.05, 3.63) is 0 Å². The lowest BCUT2D eigenvalue weighted by Gasteiger charge is -2.25. The first-order valence-corrected chi connectivity index (χ1v) is 5.26. The third kappa shape index (κ3) is 6.10. The average Bonchev–Trinajstić information content (AvgIpc) is 2.29. The van der Waals surface area contributed by atoms with Crippen LogP contribution in [0.15, 0.2) is 0 Å². The molecule has 0 radical (unpaired) electrons. The molecule has 3 amide bonds. The summed E-state index contributed by atoms with van der Waals surface area (Å²) in [6.45, 7) is -2.18. The van der Waals surface area contributed by atoms with Crippen LogP contribution in [-0.4, -0.2) is 63.9 Å². The van der Waals surface area contributed by atoms with Gasteiger partial charge in [-0.2, -0.15) is 0 Å². The quantitative estimate of drug-likeness (QED) is 0.220. The summed E-state index contributed by atoms with van der Waals surface area (Å²) in [5.41, 5.74) is -2.40. The zero-order valence-electron chi connectivity index (χ0n) is 10.0. The van der Waals surface area contributed by atoms with Crippen molar-refractivity contribution in [3.8, 4) is 0 Å². The van der Waals surface area contributed by atoms with Gasteiger partial charge in [0.1, 0.15) is 20.2 Å². The molecule has 10 heteroatoms. The lowest BCUT2D eigenvalue weighted by molar-refractivity contribution is -0.151. The molecule has 0 fully saturated rings. The summed E-state index contributed by atoms with van der Waals surface area (Å²) in [5, 5.41) is 41.2. The highest BCUT2D eigenvalue weighted by Gasteiger charge is 2.40. The molecule has 110 valence electrons. The molecule has 0 aromatic carbocycles. The van der Waals surface area contributed by atoms with Gasteiger partial charge in [0.2, 0.25) is 11.8 Å². The number of nitrogens with one attached hydrogen (secondary N) is 3. The van der Waals surface area contributed by atoms with E-state index in [2.05, 4.69) is 0 Å². The van der Waals surface area contributed by atoms with E-state index in [9.17, 15) is 19.5 Å². The molecule has 0 aliphatic rings. The molecule has 0 rings (SSSR count). The number of hydrogen-bond donors (Lipinski definition) is 7. The van der Waals surface area contributed by atoms with E-state index in [0.717, 1.165) is 0 Å². The van der Waals surface area contributed by atoms with E-state index in [1.807, 2.05) is 16.0 Å². The van der Waals surface area contributed by atoms with Crippen molar-refractivity contribution in [1.29, 1.82) is 0 Å². The molecule has 0 unspecified atom stereocenters. The number of rotatable bonds is 8. The fourth-order valence-electron chi connectivity index (χ4n) is 1.29. The van der Waals surface area contributed by atoms with Gasteiger partial charge in [0.05, 0.1) is 12.8 Å². The summed E-state index contributed by atoms with van der Waals surface area (Å²) in [4.78, 5) is 34.0. The second-order valence-corrected chi connectivity index (χ2v) is 3.57. The lowest BCUT2D eigenvalue weighted by atomic mass is 9.93. The topological polar surface area (TPSA) is 168 Å². The molecular formula is C9H17N3O7. The molecule has 7 N–H and O–H groups in total. The predicted octanol–water partition coefficient (Wildman–Crippen LogP) is -4.30. The van der Waals surface area contributed by atoms with E-state index in [4.69, 9.17) is 15.3 Å². The standard InChI is InChI=1S/C9H17N3O7/c13-3-10-6(16)1-9(19,8(18)12-5-15)2-7(17)11-4-14/h13-15,19H,1-5H2,(H,10,16)(H,11,17)(H,12,18). The normalized spacial score (nSPS) is 10.7. The van der Waals surface area contributed by atoms with Crippen LogP contribution in [0.5, 0.6) is 0 Å². The summed E-state index contributed by atoms with van der Waals surface area (Å²) in [7, 11) is 0. The summed E-state index contributed by atoms with van der Waals surface area (Å²) in [6, 6.07) is 0. The van der Waals surface area contributed by atoms with Crippen molar-refractivity contribution in [3.63, 3.8) is 0 Å². The molecule has 0 saturated carbocycles. The summed E-state index contributed by atoms with van der Waals surface area (Å²) in [6.07, 6.45) is -1.59. The van der Waals surface area contributed by atoms with Crippen LogP contribution in [0.4, 0.5) is 0 Å². The number of hydrogen-bond acceptors (Lipinski definition) is 7. The number of amides is 3. The molecule has 0 aliphatic heterocycles. The third-order valence-electron chi connectivity index (χ3n) is 2.12. The molecule has 0 aromatic rings. The zero-order chi connectivity index (χ0) is 14.9. The van der Waals surface area contributed by atoms with Crippen molar-refractivity contribution >= 4 is 17.7 Å². The Hall–Kier alpha value is -1.75. The van der Waals surface area contributed by atoms with Gasteiger partial charge in [0.25, 0.3) is 5.91 Å². The van der Waals surface area contributed by atoms with Crippen LogP contribution in [-0.2, 0) is 14.4 Å². The van der Waals surface area contributed by atoms with Crippen molar-refractivity contribution in [2.45, 2.75) is 18.4 Å². The molecular weight excluding hydrogens is 262 g/mol. The Bertz CT molecular complexity index is 314. The fourth-order valence-corrected chi connectivity index (χ4v) is 1.29.